The van der Waals surface area contributed by atoms with Gasteiger partial charge in [-0.15, -0.1) is 0 Å². The normalized spacial score (nSPS) is 23.2. The number of hydrogen-bond donors (Lipinski definition) is 8. The van der Waals surface area contributed by atoms with Gasteiger partial charge < -0.3 is 46.3 Å². The van der Waals surface area contributed by atoms with Gasteiger partial charge in [0.05, 0.1) is 6.61 Å². The minimum atomic E-state index is -1.71. The van der Waals surface area contributed by atoms with Crippen molar-refractivity contribution in [2.75, 3.05) is 17.2 Å². The van der Waals surface area contributed by atoms with Crippen molar-refractivity contribution in [2.45, 2.75) is 36.7 Å². The molecule has 1 saturated heterocycles. The number of nitrogens with two attached hydrogens (primary N) is 1. The lowest BCUT2D eigenvalue weighted by Gasteiger charge is -2.39. The van der Waals surface area contributed by atoms with Crippen LogP contribution in [-0.2, 0) is 9.53 Å². The van der Waals surface area contributed by atoms with E-state index in [0.29, 0.717) is 11.3 Å². The molecule has 1 fully saturated rings. The molecular formula is C27H28F2N4O7. The zero-order valence-corrected chi connectivity index (χ0v) is 20.9. The van der Waals surface area contributed by atoms with Crippen LogP contribution in [0, 0.1) is 17.0 Å². The van der Waals surface area contributed by atoms with Gasteiger partial charge in [-0.2, -0.15) is 0 Å². The van der Waals surface area contributed by atoms with Crippen molar-refractivity contribution in [3.05, 3.63) is 89.5 Å². The standard InChI is InChI=1S/C27H28F2N4O7/c28-17-9-8-15(11-18(17)29)33-26(38)21(32-14-5-3-4-13(10-14)25(30)31)16-6-1-2-7-19(16)39-27-24(37)23(36)22(35)20(12-34)40-27/h1-11,20-24,27,32,34-37H,12H2,(H3,30,31)(H,33,38). The van der Waals surface area contributed by atoms with E-state index in [1.54, 1.807) is 30.3 Å². The van der Waals surface area contributed by atoms with E-state index in [2.05, 4.69) is 10.6 Å². The van der Waals surface area contributed by atoms with Crippen molar-refractivity contribution in [3.8, 4) is 5.75 Å². The first-order valence-corrected chi connectivity index (χ1v) is 12.1. The van der Waals surface area contributed by atoms with Gasteiger partial charge in [0, 0.05) is 28.6 Å². The summed E-state index contributed by atoms with van der Waals surface area (Å²) in [6, 6.07) is 14.1. The van der Waals surface area contributed by atoms with E-state index in [4.69, 9.17) is 20.6 Å². The molecule has 3 aromatic carbocycles. The Bertz CT molecular complexity index is 1380. The van der Waals surface area contributed by atoms with Crippen LogP contribution in [0.25, 0.3) is 0 Å². The summed E-state index contributed by atoms with van der Waals surface area (Å²) < 4.78 is 38.5. The predicted molar refractivity (Wildman–Crippen MR) is 140 cm³/mol. The molecule has 1 aliphatic rings. The molecule has 0 aromatic heterocycles. The van der Waals surface area contributed by atoms with Crippen molar-refractivity contribution < 1.29 is 43.5 Å². The van der Waals surface area contributed by atoms with E-state index in [1.807, 2.05) is 0 Å². The quantitative estimate of drug-likeness (QED) is 0.141. The Kier molecular flexibility index (Phi) is 8.92. The van der Waals surface area contributed by atoms with Crippen LogP contribution in [0.15, 0.2) is 66.7 Å². The number of rotatable bonds is 9. The lowest BCUT2D eigenvalue weighted by atomic mass is 9.99. The van der Waals surface area contributed by atoms with Crippen molar-refractivity contribution in [2.24, 2.45) is 5.73 Å². The van der Waals surface area contributed by atoms with E-state index in [-0.39, 0.29) is 22.8 Å². The van der Waals surface area contributed by atoms with Gasteiger partial charge in [-0.05, 0) is 30.3 Å². The average Bonchev–Trinajstić information content (AvgIpc) is 2.94. The second kappa shape index (κ2) is 12.4. The third-order valence-corrected chi connectivity index (χ3v) is 6.26. The highest BCUT2D eigenvalue weighted by atomic mass is 19.2. The average molecular weight is 559 g/mol. The molecule has 0 radical (unpaired) electrons. The number of amides is 1. The summed E-state index contributed by atoms with van der Waals surface area (Å²) in [7, 11) is 0. The molecule has 6 unspecified atom stereocenters. The fraction of sp³-hybridized carbons (Fsp3) is 0.259. The van der Waals surface area contributed by atoms with Gasteiger partial charge in [-0.25, -0.2) is 8.78 Å². The number of amidine groups is 1. The minimum absolute atomic E-state index is 0.0208. The Balaban J connectivity index is 1.69. The first-order valence-electron chi connectivity index (χ1n) is 12.1. The van der Waals surface area contributed by atoms with Gasteiger partial charge in [0.1, 0.15) is 42.0 Å². The summed E-state index contributed by atoms with van der Waals surface area (Å²) in [4.78, 5) is 13.5. The molecule has 1 aliphatic heterocycles. The Morgan fingerprint density at radius 3 is 2.42 bits per heavy atom. The van der Waals surface area contributed by atoms with Crippen LogP contribution in [0.2, 0.25) is 0 Å². The number of nitrogens with one attached hydrogen (secondary N) is 3. The van der Waals surface area contributed by atoms with Crippen LogP contribution in [0.3, 0.4) is 0 Å². The second-order valence-corrected chi connectivity index (χ2v) is 9.04. The topological polar surface area (TPSA) is 190 Å². The fourth-order valence-electron chi connectivity index (χ4n) is 4.13. The number of aliphatic hydroxyl groups is 4. The largest absolute Gasteiger partial charge is 0.462 e. The summed E-state index contributed by atoms with van der Waals surface area (Å²) in [6.45, 7) is -0.667. The Morgan fingerprint density at radius 2 is 1.73 bits per heavy atom. The van der Waals surface area contributed by atoms with Crippen molar-refractivity contribution in [3.63, 3.8) is 0 Å². The molecule has 9 N–H and O–H groups in total. The number of halogens is 2. The molecule has 0 bridgehead atoms. The maximum absolute atomic E-state index is 13.8. The van der Waals surface area contributed by atoms with Crippen molar-refractivity contribution in [1.29, 1.82) is 5.41 Å². The lowest BCUT2D eigenvalue weighted by Crippen LogP contribution is -2.60. The third-order valence-electron chi connectivity index (χ3n) is 6.26. The molecule has 0 saturated carbocycles. The van der Waals surface area contributed by atoms with Gasteiger partial charge in [0.2, 0.25) is 6.29 Å². The predicted octanol–water partition coefficient (Wildman–Crippen LogP) is 1.22. The molecule has 13 heteroatoms. The van der Waals surface area contributed by atoms with Crippen LogP contribution >= 0.6 is 0 Å². The summed E-state index contributed by atoms with van der Waals surface area (Å²) in [6.07, 6.45) is -7.76. The molecule has 0 spiro atoms. The van der Waals surface area contributed by atoms with E-state index in [1.165, 1.54) is 24.3 Å². The highest BCUT2D eigenvalue weighted by Gasteiger charge is 2.45. The van der Waals surface area contributed by atoms with E-state index in [0.717, 1.165) is 12.1 Å². The minimum Gasteiger partial charge on any atom is -0.462 e. The van der Waals surface area contributed by atoms with Gasteiger partial charge in [-0.3, -0.25) is 10.2 Å². The van der Waals surface area contributed by atoms with Crippen LogP contribution < -0.4 is 21.1 Å². The Morgan fingerprint density at radius 1 is 0.975 bits per heavy atom. The zero-order chi connectivity index (χ0) is 29.0. The summed E-state index contributed by atoms with van der Waals surface area (Å²) >= 11 is 0. The van der Waals surface area contributed by atoms with Gasteiger partial charge >= 0.3 is 0 Å². The van der Waals surface area contributed by atoms with Crippen LogP contribution in [0.5, 0.6) is 5.75 Å². The highest BCUT2D eigenvalue weighted by Crippen LogP contribution is 2.33. The van der Waals surface area contributed by atoms with Gasteiger partial charge in [0.15, 0.2) is 11.6 Å². The number of nitrogen functional groups attached to an aromatic ring is 1. The summed E-state index contributed by atoms with van der Waals surface area (Å²) in [5.41, 5.74) is 6.52. The van der Waals surface area contributed by atoms with Crippen molar-refractivity contribution >= 4 is 23.1 Å². The third kappa shape index (κ3) is 6.35. The highest BCUT2D eigenvalue weighted by molar-refractivity contribution is 5.98. The van der Waals surface area contributed by atoms with Crippen LogP contribution in [0.4, 0.5) is 20.2 Å². The Hall–Kier alpha value is -4.14. The van der Waals surface area contributed by atoms with Crippen LogP contribution in [-0.4, -0.2) is 69.5 Å². The number of aliphatic hydroxyl groups excluding tert-OH is 4. The SMILES string of the molecule is N=C(N)c1cccc(NC(C(=O)Nc2ccc(F)c(F)c2)c2ccccc2OC2OC(CO)C(O)C(O)C2O)c1. The molecule has 40 heavy (non-hydrogen) atoms. The first kappa shape index (κ1) is 28.9. The maximum Gasteiger partial charge on any atom is 0.251 e. The van der Waals surface area contributed by atoms with Crippen LogP contribution in [0.1, 0.15) is 17.2 Å². The van der Waals surface area contributed by atoms with Gasteiger partial charge in [-0.1, -0.05) is 30.3 Å². The monoisotopic (exact) mass is 558 g/mol. The second-order valence-electron chi connectivity index (χ2n) is 9.04. The number of hydrogen-bond acceptors (Lipinski definition) is 9. The number of anilines is 2. The maximum atomic E-state index is 13.8. The summed E-state index contributed by atoms with van der Waals surface area (Å²) in [5.74, 6) is -3.16. The lowest BCUT2D eigenvalue weighted by molar-refractivity contribution is -0.277. The number of carbonyl (C=O) groups is 1. The van der Waals surface area contributed by atoms with E-state index >= 15 is 0 Å². The molecule has 1 amide bonds. The Labute approximate surface area is 227 Å². The molecular weight excluding hydrogens is 530 g/mol. The first-order chi connectivity index (χ1) is 19.1. The number of para-hydroxylation sites is 1. The van der Waals surface area contributed by atoms with E-state index in [9.17, 15) is 34.0 Å². The fourth-order valence-corrected chi connectivity index (χ4v) is 4.13. The number of carbonyl (C=O) groups excluding carboxylic acids is 1. The molecule has 4 rings (SSSR count). The molecule has 212 valence electrons. The van der Waals surface area contributed by atoms with Crippen molar-refractivity contribution in [1.82, 2.24) is 0 Å². The summed E-state index contributed by atoms with van der Waals surface area (Å²) in [5, 5.41) is 53.4. The molecule has 6 atom stereocenters. The molecule has 1 heterocycles. The smallest absolute Gasteiger partial charge is 0.251 e. The van der Waals surface area contributed by atoms with E-state index < -0.39 is 60.9 Å². The molecule has 11 nitrogen and oxygen atoms in total. The molecule has 0 aliphatic carbocycles. The number of ether oxygens (including phenoxy) is 2. The van der Waals surface area contributed by atoms with Gasteiger partial charge in [0.25, 0.3) is 5.91 Å². The zero-order valence-electron chi connectivity index (χ0n) is 20.9. The molecule has 3 aromatic rings. The number of benzene rings is 3.